The van der Waals surface area contributed by atoms with E-state index in [-0.39, 0.29) is 5.56 Å². The summed E-state index contributed by atoms with van der Waals surface area (Å²) in [5, 5.41) is 2.14. The zero-order valence-electron chi connectivity index (χ0n) is 13.9. The fraction of sp³-hybridized carbons (Fsp3) is 0.105. The summed E-state index contributed by atoms with van der Waals surface area (Å²) in [5.74, 6) is -1.71. The van der Waals surface area contributed by atoms with E-state index in [4.69, 9.17) is 9.47 Å². The van der Waals surface area contributed by atoms with Crippen LogP contribution in [0, 0.1) is 0 Å². The molecule has 2 rings (SSSR count). The smallest absolute Gasteiger partial charge is 0.331 e. The molecule has 0 atom stereocenters. The number of ether oxygens (including phenoxy) is 2. The van der Waals surface area contributed by atoms with Gasteiger partial charge in [0.1, 0.15) is 5.75 Å². The summed E-state index contributed by atoms with van der Waals surface area (Å²) in [7, 11) is 1.42. The van der Waals surface area contributed by atoms with Gasteiger partial charge in [-0.1, -0.05) is 40.2 Å². The van der Waals surface area contributed by atoms with Crippen molar-refractivity contribution in [3.05, 3.63) is 70.2 Å². The van der Waals surface area contributed by atoms with Crippen LogP contribution in [0.5, 0.6) is 5.75 Å². The Bertz CT molecular complexity index is 830. The van der Waals surface area contributed by atoms with Gasteiger partial charge in [-0.25, -0.2) is 4.79 Å². The number of carbonyl (C=O) groups excluding carboxylic acids is 3. The predicted molar refractivity (Wildman–Crippen MR) is 99.6 cm³/mol. The van der Waals surface area contributed by atoms with Crippen molar-refractivity contribution in [2.45, 2.75) is 0 Å². The fourth-order valence-electron chi connectivity index (χ4n) is 1.99. The standard InChI is InChI=1S/C19H16BrNO5/c1-25-16-5-3-2-4-15(16)19(24)21-17(22)12-26-18(23)11-8-13-6-9-14(20)10-7-13/h2-11H,12H2,1H3,(H,21,22,24)/b11-8+. The highest BCUT2D eigenvalue weighted by Gasteiger charge is 2.15. The van der Waals surface area contributed by atoms with Gasteiger partial charge in [-0.15, -0.1) is 0 Å². The van der Waals surface area contributed by atoms with E-state index in [2.05, 4.69) is 21.2 Å². The van der Waals surface area contributed by atoms with E-state index in [1.54, 1.807) is 24.3 Å². The number of carbonyl (C=O) groups is 3. The van der Waals surface area contributed by atoms with Crippen LogP contribution in [0.2, 0.25) is 0 Å². The van der Waals surface area contributed by atoms with Gasteiger partial charge in [0, 0.05) is 10.5 Å². The Morgan fingerprint density at radius 2 is 1.77 bits per heavy atom. The van der Waals surface area contributed by atoms with Crippen LogP contribution in [0.15, 0.2) is 59.1 Å². The quantitative estimate of drug-likeness (QED) is 0.576. The number of rotatable bonds is 6. The highest BCUT2D eigenvalue weighted by Crippen LogP contribution is 2.16. The van der Waals surface area contributed by atoms with Crippen molar-refractivity contribution in [3.8, 4) is 5.75 Å². The molecule has 2 aromatic rings. The molecule has 0 heterocycles. The Kier molecular flexibility index (Phi) is 7.11. The average molecular weight is 418 g/mol. The molecule has 26 heavy (non-hydrogen) atoms. The number of imide groups is 1. The van der Waals surface area contributed by atoms with Gasteiger partial charge in [-0.3, -0.25) is 14.9 Å². The van der Waals surface area contributed by atoms with E-state index in [9.17, 15) is 14.4 Å². The third-order valence-corrected chi connectivity index (χ3v) is 3.76. The van der Waals surface area contributed by atoms with Crippen LogP contribution in [0.3, 0.4) is 0 Å². The molecule has 1 N–H and O–H groups in total. The first-order valence-electron chi connectivity index (χ1n) is 7.57. The minimum Gasteiger partial charge on any atom is -0.496 e. The average Bonchev–Trinajstić information content (AvgIpc) is 2.65. The van der Waals surface area contributed by atoms with Crippen LogP contribution in [0.1, 0.15) is 15.9 Å². The molecule has 0 aliphatic rings. The summed E-state index contributed by atoms with van der Waals surface area (Å²) in [4.78, 5) is 35.5. The van der Waals surface area contributed by atoms with Gasteiger partial charge in [-0.2, -0.15) is 0 Å². The Morgan fingerprint density at radius 1 is 1.08 bits per heavy atom. The number of halogens is 1. The maximum absolute atomic E-state index is 12.0. The van der Waals surface area contributed by atoms with Gasteiger partial charge in [-0.05, 0) is 35.9 Å². The lowest BCUT2D eigenvalue weighted by atomic mass is 10.2. The number of amides is 2. The first-order chi connectivity index (χ1) is 12.5. The maximum atomic E-state index is 12.0. The Morgan fingerprint density at radius 3 is 2.46 bits per heavy atom. The van der Waals surface area contributed by atoms with Gasteiger partial charge in [0.15, 0.2) is 6.61 Å². The number of benzene rings is 2. The lowest BCUT2D eigenvalue weighted by Crippen LogP contribution is -2.34. The van der Waals surface area contributed by atoms with Crippen LogP contribution in [-0.4, -0.2) is 31.5 Å². The van der Waals surface area contributed by atoms with Crippen molar-refractivity contribution < 1.29 is 23.9 Å². The molecule has 0 unspecified atom stereocenters. The van der Waals surface area contributed by atoms with Crippen molar-refractivity contribution >= 4 is 39.8 Å². The minimum atomic E-state index is -0.730. The molecule has 0 radical (unpaired) electrons. The largest absolute Gasteiger partial charge is 0.496 e. The molecule has 0 fully saturated rings. The second kappa shape index (κ2) is 9.53. The molecule has 0 saturated heterocycles. The number of para-hydroxylation sites is 1. The van der Waals surface area contributed by atoms with E-state index >= 15 is 0 Å². The molecule has 2 amide bonds. The molecule has 0 bridgehead atoms. The van der Waals surface area contributed by atoms with Crippen molar-refractivity contribution in [2.75, 3.05) is 13.7 Å². The minimum absolute atomic E-state index is 0.213. The second-order valence-corrected chi connectivity index (χ2v) is 5.99. The number of methoxy groups -OCH3 is 1. The van der Waals surface area contributed by atoms with Crippen LogP contribution in [-0.2, 0) is 14.3 Å². The van der Waals surface area contributed by atoms with E-state index in [1.165, 1.54) is 19.3 Å². The molecule has 0 aliphatic carbocycles. The number of nitrogens with one attached hydrogen (secondary N) is 1. The van der Waals surface area contributed by atoms with Gasteiger partial charge in [0.2, 0.25) is 0 Å². The third kappa shape index (κ3) is 5.86. The summed E-state index contributed by atoms with van der Waals surface area (Å²) < 4.78 is 10.8. The third-order valence-electron chi connectivity index (χ3n) is 3.23. The van der Waals surface area contributed by atoms with E-state index in [0.717, 1.165) is 10.0 Å². The summed E-state index contributed by atoms with van der Waals surface area (Å²) in [5.41, 5.74) is 1.02. The van der Waals surface area contributed by atoms with E-state index in [0.29, 0.717) is 5.75 Å². The lowest BCUT2D eigenvalue weighted by Gasteiger charge is -2.08. The normalized spacial score (nSPS) is 10.4. The Balaban J connectivity index is 1.83. The highest BCUT2D eigenvalue weighted by atomic mass is 79.9. The molecule has 2 aromatic carbocycles. The van der Waals surface area contributed by atoms with Crippen molar-refractivity contribution in [1.82, 2.24) is 5.32 Å². The summed E-state index contributed by atoms with van der Waals surface area (Å²) in [6.07, 6.45) is 2.77. The first kappa shape index (κ1) is 19.4. The monoisotopic (exact) mass is 417 g/mol. The first-order valence-corrected chi connectivity index (χ1v) is 8.36. The molecule has 0 aromatic heterocycles. The van der Waals surface area contributed by atoms with E-state index in [1.807, 2.05) is 24.3 Å². The van der Waals surface area contributed by atoms with Crippen LogP contribution in [0.25, 0.3) is 6.08 Å². The van der Waals surface area contributed by atoms with Crippen LogP contribution >= 0.6 is 15.9 Å². The summed E-state index contributed by atoms with van der Waals surface area (Å²) >= 11 is 3.32. The number of hydrogen-bond acceptors (Lipinski definition) is 5. The number of hydrogen-bond donors (Lipinski definition) is 1. The summed E-state index contributed by atoms with van der Waals surface area (Å²) in [6.45, 7) is -0.565. The van der Waals surface area contributed by atoms with Gasteiger partial charge in [0.05, 0.1) is 12.7 Å². The molecular formula is C19H16BrNO5. The van der Waals surface area contributed by atoms with E-state index < -0.39 is 24.4 Å². The topological polar surface area (TPSA) is 81.7 Å². The van der Waals surface area contributed by atoms with Gasteiger partial charge < -0.3 is 9.47 Å². The van der Waals surface area contributed by atoms with Crippen molar-refractivity contribution in [1.29, 1.82) is 0 Å². The zero-order chi connectivity index (χ0) is 18.9. The van der Waals surface area contributed by atoms with Gasteiger partial charge in [0.25, 0.3) is 11.8 Å². The maximum Gasteiger partial charge on any atom is 0.331 e. The highest BCUT2D eigenvalue weighted by molar-refractivity contribution is 9.10. The SMILES string of the molecule is COc1ccccc1C(=O)NC(=O)COC(=O)/C=C/c1ccc(Br)cc1. The molecule has 134 valence electrons. The number of esters is 1. The zero-order valence-corrected chi connectivity index (χ0v) is 15.5. The summed E-state index contributed by atoms with van der Waals surface area (Å²) in [6, 6.07) is 13.8. The molecular weight excluding hydrogens is 402 g/mol. The molecule has 0 aliphatic heterocycles. The molecule has 0 saturated carbocycles. The van der Waals surface area contributed by atoms with Crippen LogP contribution < -0.4 is 10.1 Å². The fourth-order valence-corrected chi connectivity index (χ4v) is 2.25. The predicted octanol–water partition coefficient (Wildman–Crippen LogP) is 2.97. The second-order valence-electron chi connectivity index (χ2n) is 5.07. The van der Waals surface area contributed by atoms with Crippen LogP contribution in [0.4, 0.5) is 0 Å². The molecule has 6 nitrogen and oxygen atoms in total. The van der Waals surface area contributed by atoms with Gasteiger partial charge >= 0.3 is 5.97 Å². The van der Waals surface area contributed by atoms with Crippen molar-refractivity contribution in [3.63, 3.8) is 0 Å². The van der Waals surface area contributed by atoms with Crippen molar-refractivity contribution in [2.24, 2.45) is 0 Å². The lowest BCUT2D eigenvalue weighted by molar-refractivity contribution is -0.143. The Hall–Kier alpha value is -2.93. The molecule has 0 spiro atoms. The Labute approximate surface area is 158 Å². The molecule has 7 heteroatoms.